The standard InChI is InChI=1S/C25H22N6O2S/c32-23(29-17-6-3-10-27-14-17)22-21-20-19(8-11-28-24(20)34-22)31(25(33)30-21)18-7-1-4-15(12-18)16-5-2-9-26-13-16/h1-2,4-5,7-9,11-13,17,27H,3,6,10,14H2,(H,29,32)(H,30,33). The molecule has 1 saturated heterocycles. The molecule has 0 bridgehead atoms. The van der Waals surface area contributed by atoms with Gasteiger partial charge in [0.1, 0.15) is 9.71 Å². The molecule has 1 atom stereocenters. The minimum atomic E-state index is -0.310. The Labute approximate surface area is 200 Å². The first-order valence-corrected chi connectivity index (χ1v) is 12.1. The molecule has 0 aliphatic carbocycles. The number of nitrogens with one attached hydrogen (secondary N) is 3. The van der Waals surface area contributed by atoms with E-state index in [9.17, 15) is 9.59 Å². The van der Waals surface area contributed by atoms with Gasteiger partial charge in [-0.15, -0.1) is 11.3 Å². The number of carbonyl (C=O) groups is 2. The van der Waals surface area contributed by atoms with Crippen LogP contribution in [0.4, 0.5) is 21.9 Å². The molecule has 0 saturated carbocycles. The number of nitrogens with zero attached hydrogens (tertiary/aromatic N) is 3. The summed E-state index contributed by atoms with van der Waals surface area (Å²) in [4.78, 5) is 38.0. The van der Waals surface area contributed by atoms with Gasteiger partial charge in [0, 0.05) is 36.7 Å². The quantitative estimate of drug-likeness (QED) is 0.407. The van der Waals surface area contributed by atoms with Gasteiger partial charge in [0.15, 0.2) is 0 Å². The van der Waals surface area contributed by atoms with Gasteiger partial charge in [-0.2, -0.15) is 0 Å². The Morgan fingerprint density at radius 2 is 2.06 bits per heavy atom. The van der Waals surface area contributed by atoms with Crippen molar-refractivity contribution in [3.8, 4) is 11.1 Å². The second kappa shape index (κ2) is 8.51. The first-order chi connectivity index (χ1) is 16.7. The molecule has 1 fully saturated rings. The number of amides is 3. The molecule has 6 rings (SSSR count). The maximum atomic E-state index is 13.4. The Morgan fingerprint density at radius 3 is 2.88 bits per heavy atom. The Kier molecular flexibility index (Phi) is 5.20. The van der Waals surface area contributed by atoms with Gasteiger partial charge in [-0.05, 0) is 49.2 Å². The van der Waals surface area contributed by atoms with Gasteiger partial charge >= 0.3 is 6.03 Å². The van der Waals surface area contributed by atoms with Gasteiger partial charge < -0.3 is 16.0 Å². The Hall–Kier alpha value is -3.82. The van der Waals surface area contributed by atoms with E-state index in [0.29, 0.717) is 21.1 Å². The molecule has 1 aromatic carbocycles. The molecule has 2 aliphatic rings. The Bertz CT molecular complexity index is 1400. The van der Waals surface area contributed by atoms with E-state index >= 15 is 0 Å². The lowest BCUT2D eigenvalue weighted by Gasteiger charge is -2.29. The summed E-state index contributed by atoms with van der Waals surface area (Å²) in [5.74, 6) is -0.176. The number of thiophene rings is 1. The minimum Gasteiger partial charge on any atom is -0.347 e. The number of urea groups is 1. The number of piperidine rings is 1. The predicted molar refractivity (Wildman–Crippen MR) is 134 cm³/mol. The van der Waals surface area contributed by atoms with E-state index in [4.69, 9.17) is 0 Å². The fourth-order valence-corrected chi connectivity index (χ4v) is 5.61. The van der Waals surface area contributed by atoms with E-state index in [1.165, 1.54) is 11.3 Å². The van der Waals surface area contributed by atoms with Crippen LogP contribution < -0.4 is 20.9 Å². The molecule has 1 unspecified atom stereocenters. The van der Waals surface area contributed by atoms with E-state index in [0.717, 1.165) is 48.1 Å². The third-order valence-corrected chi connectivity index (χ3v) is 7.28. The second-order valence-electron chi connectivity index (χ2n) is 8.39. The zero-order chi connectivity index (χ0) is 23.1. The number of pyridine rings is 2. The summed E-state index contributed by atoms with van der Waals surface area (Å²) in [7, 11) is 0. The molecule has 8 nitrogen and oxygen atoms in total. The van der Waals surface area contributed by atoms with E-state index in [-0.39, 0.29) is 18.0 Å². The van der Waals surface area contributed by atoms with Gasteiger partial charge in [-0.1, -0.05) is 18.2 Å². The zero-order valence-corrected chi connectivity index (χ0v) is 19.1. The summed E-state index contributed by atoms with van der Waals surface area (Å²) in [6, 6.07) is 13.2. The fourth-order valence-electron chi connectivity index (χ4n) is 4.58. The number of aromatic nitrogens is 2. The summed E-state index contributed by atoms with van der Waals surface area (Å²) in [6.07, 6.45) is 7.18. The van der Waals surface area contributed by atoms with Crippen molar-refractivity contribution < 1.29 is 9.59 Å². The molecule has 170 valence electrons. The van der Waals surface area contributed by atoms with Crippen molar-refractivity contribution >= 4 is 50.6 Å². The third kappa shape index (κ3) is 3.59. The van der Waals surface area contributed by atoms with Gasteiger partial charge in [0.25, 0.3) is 5.91 Å². The van der Waals surface area contributed by atoms with Crippen molar-refractivity contribution in [1.29, 1.82) is 0 Å². The maximum absolute atomic E-state index is 13.4. The number of benzene rings is 1. The fraction of sp³-hybridized carbons (Fsp3) is 0.200. The number of hydrogen-bond acceptors (Lipinski definition) is 6. The van der Waals surface area contributed by atoms with Gasteiger partial charge in [-0.3, -0.25) is 14.7 Å². The van der Waals surface area contributed by atoms with Crippen LogP contribution in [0.15, 0.2) is 61.1 Å². The molecule has 3 aromatic heterocycles. The molecule has 9 heteroatoms. The number of anilines is 3. The summed E-state index contributed by atoms with van der Waals surface area (Å²) in [6.45, 7) is 1.73. The predicted octanol–water partition coefficient (Wildman–Crippen LogP) is 4.52. The summed E-state index contributed by atoms with van der Waals surface area (Å²) in [5.41, 5.74) is 3.90. The lowest BCUT2D eigenvalue weighted by atomic mass is 10.1. The highest BCUT2D eigenvalue weighted by molar-refractivity contribution is 7.21. The second-order valence-corrected chi connectivity index (χ2v) is 9.39. The molecular formula is C25H22N6O2S. The van der Waals surface area contributed by atoms with Crippen LogP contribution in [0.5, 0.6) is 0 Å². The summed E-state index contributed by atoms with van der Waals surface area (Å²) in [5, 5.41) is 10.2. The number of rotatable bonds is 4. The van der Waals surface area contributed by atoms with Crippen LogP contribution >= 0.6 is 11.3 Å². The van der Waals surface area contributed by atoms with Gasteiger partial charge in [0.05, 0.1) is 22.4 Å². The normalized spacial score (nSPS) is 17.5. The average molecular weight is 471 g/mol. The lowest BCUT2D eigenvalue weighted by Crippen LogP contribution is -2.45. The maximum Gasteiger partial charge on any atom is 0.331 e. The van der Waals surface area contributed by atoms with Crippen molar-refractivity contribution in [3.05, 3.63) is 65.9 Å². The van der Waals surface area contributed by atoms with Crippen LogP contribution in [0.2, 0.25) is 0 Å². The Morgan fingerprint density at radius 1 is 1.15 bits per heavy atom. The first kappa shape index (κ1) is 20.8. The van der Waals surface area contributed by atoms with E-state index in [1.54, 1.807) is 23.5 Å². The van der Waals surface area contributed by atoms with E-state index in [1.807, 2.05) is 42.5 Å². The van der Waals surface area contributed by atoms with Crippen molar-refractivity contribution in [2.45, 2.75) is 18.9 Å². The molecule has 0 radical (unpaired) electrons. The monoisotopic (exact) mass is 470 g/mol. The first-order valence-electron chi connectivity index (χ1n) is 11.2. The Balaban J connectivity index is 1.40. The molecular weight excluding hydrogens is 448 g/mol. The van der Waals surface area contributed by atoms with Crippen molar-refractivity contribution in [1.82, 2.24) is 20.6 Å². The van der Waals surface area contributed by atoms with E-state index in [2.05, 4.69) is 25.9 Å². The molecule has 34 heavy (non-hydrogen) atoms. The lowest BCUT2D eigenvalue weighted by molar-refractivity contribution is 0.0935. The number of carbonyl (C=O) groups excluding carboxylic acids is 2. The SMILES string of the molecule is O=C(NC1CCCNC1)c1sc2nccc3c2c1NC(=O)N3c1cccc(-c2cccnc2)c1. The highest BCUT2D eigenvalue weighted by atomic mass is 32.1. The van der Waals surface area contributed by atoms with E-state index < -0.39 is 0 Å². The zero-order valence-electron chi connectivity index (χ0n) is 18.2. The molecule has 5 heterocycles. The van der Waals surface area contributed by atoms with Crippen molar-refractivity contribution in [2.75, 3.05) is 23.3 Å². The van der Waals surface area contributed by atoms with Crippen molar-refractivity contribution in [3.63, 3.8) is 0 Å². The molecule has 0 spiro atoms. The van der Waals surface area contributed by atoms with Crippen LogP contribution in [0.3, 0.4) is 0 Å². The van der Waals surface area contributed by atoms with Gasteiger partial charge in [-0.25, -0.2) is 9.78 Å². The van der Waals surface area contributed by atoms with Crippen LogP contribution in [0.1, 0.15) is 22.5 Å². The molecule has 3 N–H and O–H groups in total. The smallest absolute Gasteiger partial charge is 0.331 e. The van der Waals surface area contributed by atoms with Crippen LogP contribution in [0, 0.1) is 0 Å². The highest BCUT2D eigenvalue weighted by Gasteiger charge is 2.33. The number of hydrogen-bond donors (Lipinski definition) is 3. The molecule has 2 aliphatic heterocycles. The topological polar surface area (TPSA) is 99.2 Å². The highest BCUT2D eigenvalue weighted by Crippen LogP contribution is 2.46. The average Bonchev–Trinajstić information content (AvgIpc) is 3.25. The summed E-state index contributed by atoms with van der Waals surface area (Å²) < 4.78 is 0. The van der Waals surface area contributed by atoms with Gasteiger partial charge in [0.2, 0.25) is 0 Å². The van der Waals surface area contributed by atoms with Crippen LogP contribution in [-0.4, -0.2) is 41.0 Å². The minimum absolute atomic E-state index is 0.0806. The van der Waals surface area contributed by atoms with Crippen LogP contribution in [-0.2, 0) is 0 Å². The molecule has 3 amide bonds. The summed E-state index contributed by atoms with van der Waals surface area (Å²) >= 11 is 1.31. The molecule has 4 aromatic rings. The largest absolute Gasteiger partial charge is 0.347 e. The van der Waals surface area contributed by atoms with Crippen molar-refractivity contribution in [2.24, 2.45) is 0 Å². The third-order valence-electron chi connectivity index (χ3n) is 6.18. The van der Waals surface area contributed by atoms with Crippen LogP contribution in [0.25, 0.3) is 21.3 Å².